The summed E-state index contributed by atoms with van der Waals surface area (Å²) in [6.07, 6.45) is 5.01. The van der Waals surface area contributed by atoms with Gasteiger partial charge in [-0.2, -0.15) is 0 Å². The zero-order valence-corrected chi connectivity index (χ0v) is 13.7. The zero-order valence-electron chi connectivity index (χ0n) is 12.1. The molecule has 1 amide bonds. The van der Waals surface area contributed by atoms with Crippen LogP contribution in [0, 0.1) is 0 Å². The van der Waals surface area contributed by atoms with Crippen LogP contribution in [-0.4, -0.2) is 36.5 Å². The molecule has 0 spiro atoms. The molecule has 20 heavy (non-hydrogen) atoms. The van der Waals surface area contributed by atoms with Crippen LogP contribution >= 0.6 is 15.9 Å². The molecule has 4 heteroatoms. The Morgan fingerprint density at radius 2 is 2.10 bits per heavy atom. The number of carbonyl (C=O) groups excluding carboxylic acids is 1. The van der Waals surface area contributed by atoms with Gasteiger partial charge in [-0.15, -0.1) is 0 Å². The van der Waals surface area contributed by atoms with Crippen LogP contribution in [0.4, 0.5) is 0 Å². The highest BCUT2D eigenvalue weighted by Gasteiger charge is 2.17. The first-order valence-corrected chi connectivity index (χ1v) is 8.24. The molecule has 1 saturated heterocycles. The molecule has 0 aromatic heterocycles. The van der Waals surface area contributed by atoms with Crippen LogP contribution in [0.1, 0.15) is 43.0 Å². The smallest absolute Gasteiger partial charge is 0.251 e. The highest BCUT2D eigenvalue weighted by Crippen LogP contribution is 2.16. The summed E-state index contributed by atoms with van der Waals surface area (Å²) in [5, 5.41) is 2.99. The first-order chi connectivity index (χ1) is 9.66. The summed E-state index contributed by atoms with van der Waals surface area (Å²) in [6.45, 7) is 5.35. The maximum Gasteiger partial charge on any atom is 0.251 e. The third kappa shape index (κ3) is 4.60. The number of likely N-dealkylation sites (tertiary alicyclic amines) is 1. The summed E-state index contributed by atoms with van der Waals surface area (Å²) < 4.78 is 0.994. The van der Waals surface area contributed by atoms with E-state index in [2.05, 4.69) is 33.1 Å². The minimum Gasteiger partial charge on any atom is -0.352 e. The first kappa shape index (κ1) is 15.5. The number of carbonyl (C=O) groups is 1. The number of nitrogens with zero attached hydrogens (tertiary/aromatic N) is 1. The second-order valence-electron chi connectivity index (χ2n) is 5.50. The van der Waals surface area contributed by atoms with Gasteiger partial charge in [0.15, 0.2) is 0 Å². The number of rotatable bonds is 5. The number of benzene rings is 1. The third-order valence-electron chi connectivity index (χ3n) is 3.95. The molecule has 0 radical (unpaired) electrons. The fraction of sp³-hybridized carbons (Fsp3) is 0.562. The van der Waals surface area contributed by atoms with E-state index in [0.29, 0.717) is 6.04 Å². The average Bonchev–Trinajstić information content (AvgIpc) is 2.46. The van der Waals surface area contributed by atoms with Gasteiger partial charge in [-0.25, -0.2) is 0 Å². The van der Waals surface area contributed by atoms with Crippen LogP contribution in [0.2, 0.25) is 0 Å². The molecule has 1 heterocycles. The summed E-state index contributed by atoms with van der Waals surface area (Å²) in [7, 11) is 0. The van der Waals surface area contributed by atoms with Crippen LogP contribution in [0.5, 0.6) is 0 Å². The van der Waals surface area contributed by atoms with E-state index < -0.39 is 0 Å². The molecule has 1 aliphatic heterocycles. The molecule has 1 aliphatic rings. The molecule has 2 rings (SSSR count). The Bertz CT molecular complexity index is 433. The molecule has 3 nitrogen and oxygen atoms in total. The Kier molecular flexibility index (Phi) is 6.05. The number of piperidine rings is 1. The van der Waals surface area contributed by atoms with Crippen LogP contribution in [0.25, 0.3) is 0 Å². The van der Waals surface area contributed by atoms with Crippen molar-refractivity contribution >= 4 is 21.8 Å². The van der Waals surface area contributed by atoms with Crippen molar-refractivity contribution in [3.8, 4) is 0 Å². The van der Waals surface area contributed by atoms with Gasteiger partial charge in [0.1, 0.15) is 0 Å². The Morgan fingerprint density at radius 1 is 1.35 bits per heavy atom. The van der Waals surface area contributed by atoms with E-state index in [1.54, 1.807) is 0 Å². The highest BCUT2D eigenvalue weighted by atomic mass is 79.9. The Morgan fingerprint density at radius 3 is 2.80 bits per heavy atom. The summed E-state index contributed by atoms with van der Waals surface area (Å²) >= 11 is 3.37. The highest BCUT2D eigenvalue weighted by molar-refractivity contribution is 9.10. The van der Waals surface area contributed by atoms with E-state index in [0.717, 1.165) is 29.5 Å². The summed E-state index contributed by atoms with van der Waals surface area (Å²) in [6, 6.07) is 8.17. The molecule has 0 unspecified atom stereocenters. The van der Waals surface area contributed by atoms with Crippen molar-refractivity contribution in [3.05, 3.63) is 34.3 Å². The molecule has 0 saturated carbocycles. The van der Waals surface area contributed by atoms with E-state index in [9.17, 15) is 4.79 Å². The Labute approximate surface area is 129 Å². The predicted octanol–water partition coefficient (Wildman–Crippen LogP) is 3.44. The number of halogens is 1. The molecule has 0 aliphatic carbocycles. The number of hydrogen-bond donors (Lipinski definition) is 1. The minimum absolute atomic E-state index is 0.0178. The monoisotopic (exact) mass is 338 g/mol. The third-order valence-corrected chi connectivity index (χ3v) is 4.48. The van der Waals surface area contributed by atoms with Gasteiger partial charge >= 0.3 is 0 Å². The van der Waals surface area contributed by atoms with Gasteiger partial charge in [-0.1, -0.05) is 22.4 Å². The Balaban J connectivity index is 1.67. The molecule has 1 fully saturated rings. The minimum atomic E-state index is 0.0178. The van der Waals surface area contributed by atoms with E-state index in [4.69, 9.17) is 0 Å². The van der Waals surface area contributed by atoms with Crippen molar-refractivity contribution in [3.63, 3.8) is 0 Å². The van der Waals surface area contributed by atoms with Gasteiger partial charge in [0, 0.05) is 29.2 Å². The van der Waals surface area contributed by atoms with E-state index in [1.807, 2.05) is 24.3 Å². The van der Waals surface area contributed by atoms with Crippen LogP contribution in [-0.2, 0) is 0 Å². The van der Waals surface area contributed by atoms with Crippen molar-refractivity contribution in [1.29, 1.82) is 0 Å². The van der Waals surface area contributed by atoms with E-state index in [1.165, 1.54) is 25.8 Å². The van der Waals surface area contributed by atoms with Gasteiger partial charge < -0.3 is 10.2 Å². The molecule has 1 aromatic carbocycles. The van der Waals surface area contributed by atoms with Gasteiger partial charge in [0.2, 0.25) is 0 Å². The molecule has 110 valence electrons. The van der Waals surface area contributed by atoms with E-state index in [-0.39, 0.29) is 5.91 Å². The molecule has 1 atom stereocenters. The number of amides is 1. The van der Waals surface area contributed by atoms with Gasteiger partial charge in [-0.3, -0.25) is 4.79 Å². The fourth-order valence-corrected chi connectivity index (χ4v) is 2.94. The second kappa shape index (κ2) is 7.79. The van der Waals surface area contributed by atoms with Crippen LogP contribution < -0.4 is 5.32 Å². The molecular weight excluding hydrogens is 316 g/mol. The van der Waals surface area contributed by atoms with Crippen molar-refractivity contribution in [2.75, 3.05) is 19.6 Å². The standard InChI is InChI=1S/C16H23BrN2O/c1-13-5-2-3-11-19(13)12-4-10-18-16(20)14-6-8-15(17)9-7-14/h6-9,13H,2-5,10-12H2,1H3,(H,18,20)/t13-/m0/s1. The SMILES string of the molecule is C[C@H]1CCCCN1CCCNC(=O)c1ccc(Br)cc1. The van der Waals surface area contributed by atoms with Crippen molar-refractivity contribution < 1.29 is 4.79 Å². The lowest BCUT2D eigenvalue weighted by Crippen LogP contribution is -2.39. The maximum absolute atomic E-state index is 11.9. The molecule has 0 bridgehead atoms. The summed E-state index contributed by atoms with van der Waals surface area (Å²) in [5.41, 5.74) is 0.722. The number of nitrogens with one attached hydrogen (secondary N) is 1. The predicted molar refractivity (Wildman–Crippen MR) is 86.0 cm³/mol. The summed E-state index contributed by atoms with van der Waals surface area (Å²) in [4.78, 5) is 14.5. The van der Waals surface area contributed by atoms with Crippen LogP contribution in [0.15, 0.2) is 28.7 Å². The second-order valence-corrected chi connectivity index (χ2v) is 6.41. The molecule has 1 N–H and O–H groups in total. The van der Waals surface area contributed by atoms with Gasteiger partial charge in [0.05, 0.1) is 0 Å². The van der Waals surface area contributed by atoms with Gasteiger partial charge in [-0.05, 0) is 57.0 Å². The summed E-state index contributed by atoms with van der Waals surface area (Å²) in [5.74, 6) is 0.0178. The van der Waals surface area contributed by atoms with Crippen molar-refractivity contribution in [1.82, 2.24) is 10.2 Å². The Hall–Kier alpha value is -0.870. The largest absolute Gasteiger partial charge is 0.352 e. The van der Waals surface area contributed by atoms with E-state index >= 15 is 0 Å². The molecular formula is C16H23BrN2O. The average molecular weight is 339 g/mol. The lowest BCUT2D eigenvalue weighted by Gasteiger charge is -2.33. The molecule has 1 aromatic rings. The fourth-order valence-electron chi connectivity index (χ4n) is 2.68. The number of hydrogen-bond acceptors (Lipinski definition) is 2. The quantitative estimate of drug-likeness (QED) is 0.834. The normalized spacial score (nSPS) is 19.8. The van der Waals surface area contributed by atoms with Crippen LogP contribution in [0.3, 0.4) is 0 Å². The lowest BCUT2D eigenvalue weighted by molar-refractivity contribution is 0.0949. The zero-order chi connectivity index (χ0) is 14.4. The maximum atomic E-state index is 11.9. The lowest BCUT2D eigenvalue weighted by atomic mass is 10.0. The first-order valence-electron chi connectivity index (χ1n) is 7.44. The topological polar surface area (TPSA) is 32.3 Å². The van der Waals surface area contributed by atoms with Crippen molar-refractivity contribution in [2.45, 2.75) is 38.6 Å². The van der Waals surface area contributed by atoms with Gasteiger partial charge in [0.25, 0.3) is 5.91 Å². The van der Waals surface area contributed by atoms with Crippen molar-refractivity contribution in [2.24, 2.45) is 0 Å².